The van der Waals surface area contributed by atoms with Gasteiger partial charge in [0.2, 0.25) is 9.84 Å². The molecule has 0 heterocycles. The molecule has 0 aliphatic heterocycles. The van der Waals surface area contributed by atoms with E-state index in [1.807, 2.05) is 18.7 Å². The zero-order valence-electron chi connectivity index (χ0n) is 10.9. The van der Waals surface area contributed by atoms with Gasteiger partial charge in [-0.1, -0.05) is 6.92 Å². The van der Waals surface area contributed by atoms with Crippen molar-refractivity contribution in [3.05, 3.63) is 0 Å². The number of alkyl halides is 2. The third-order valence-corrected chi connectivity index (χ3v) is 7.21. The second kappa shape index (κ2) is 4.33. The Hall–Kier alpha value is 0.160. The second-order valence-corrected chi connectivity index (χ2v) is 9.37. The zero-order valence-corrected chi connectivity index (χ0v) is 12.6. The van der Waals surface area contributed by atoms with E-state index in [2.05, 4.69) is 6.26 Å². The standard InChI is InChI=1S/C12H20F2O2S2/c1-11(7-12(13,14)18(3,15)16)6-8-4-9(11)5-10(8)17-2/h8-10H,4-7H2,1-3H3. The molecule has 4 atom stereocenters. The largest absolute Gasteiger partial charge is 0.345 e. The number of sulfone groups is 1. The van der Waals surface area contributed by atoms with E-state index in [0.29, 0.717) is 17.4 Å². The molecule has 0 spiro atoms. The summed E-state index contributed by atoms with van der Waals surface area (Å²) in [5, 5.41) is -3.00. The van der Waals surface area contributed by atoms with Crippen LogP contribution >= 0.6 is 11.8 Å². The second-order valence-electron chi connectivity index (χ2n) is 6.15. The van der Waals surface area contributed by atoms with E-state index in [-0.39, 0.29) is 5.92 Å². The number of thioether (sulfide) groups is 1. The predicted molar refractivity (Wildman–Crippen MR) is 70.6 cm³/mol. The lowest BCUT2D eigenvalue weighted by molar-refractivity contribution is 0.0134. The molecule has 2 nitrogen and oxygen atoms in total. The average Bonchev–Trinajstić information content (AvgIpc) is 2.70. The van der Waals surface area contributed by atoms with Gasteiger partial charge in [0.25, 0.3) is 0 Å². The molecule has 4 unspecified atom stereocenters. The summed E-state index contributed by atoms with van der Waals surface area (Å²) in [5.74, 6) is 0.748. The van der Waals surface area contributed by atoms with Gasteiger partial charge in [0.1, 0.15) is 0 Å². The number of halogens is 2. The number of fused-ring (bicyclic) bond motifs is 2. The fourth-order valence-corrected chi connectivity index (χ4v) is 5.35. The van der Waals surface area contributed by atoms with Crippen molar-refractivity contribution < 1.29 is 17.2 Å². The van der Waals surface area contributed by atoms with Gasteiger partial charge >= 0.3 is 5.25 Å². The van der Waals surface area contributed by atoms with E-state index >= 15 is 0 Å². The van der Waals surface area contributed by atoms with Crippen LogP contribution in [0.3, 0.4) is 0 Å². The number of rotatable bonds is 4. The van der Waals surface area contributed by atoms with Crippen LogP contribution < -0.4 is 0 Å². The van der Waals surface area contributed by atoms with Crippen LogP contribution in [-0.4, -0.2) is 31.4 Å². The highest BCUT2D eigenvalue weighted by Gasteiger charge is 2.57. The minimum atomic E-state index is -4.30. The summed E-state index contributed by atoms with van der Waals surface area (Å²) in [5.41, 5.74) is -0.510. The quantitative estimate of drug-likeness (QED) is 0.799. The van der Waals surface area contributed by atoms with Gasteiger partial charge in [-0.3, -0.25) is 0 Å². The van der Waals surface area contributed by atoms with Crippen molar-refractivity contribution >= 4 is 21.6 Å². The summed E-state index contributed by atoms with van der Waals surface area (Å²) in [6, 6.07) is 0. The summed E-state index contributed by atoms with van der Waals surface area (Å²) < 4.78 is 49.8. The highest BCUT2D eigenvalue weighted by Crippen LogP contribution is 2.61. The van der Waals surface area contributed by atoms with Gasteiger partial charge in [0, 0.05) is 17.9 Å². The van der Waals surface area contributed by atoms with Gasteiger partial charge in [-0.05, 0) is 42.8 Å². The lowest BCUT2D eigenvalue weighted by atomic mass is 9.72. The molecule has 2 bridgehead atoms. The zero-order chi connectivity index (χ0) is 13.8. The Bertz CT molecular complexity index is 435. The fraction of sp³-hybridized carbons (Fsp3) is 1.00. The third kappa shape index (κ3) is 2.30. The first-order valence-corrected chi connectivity index (χ1v) is 9.37. The Balaban J connectivity index is 2.13. The summed E-state index contributed by atoms with van der Waals surface area (Å²) in [4.78, 5) is 0. The first kappa shape index (κ1) is 14.6. The molecule has 2 aliphatic rings. The van der Waals surface area contributed by atoms with E-state index in [1.165, 1.54) is 0 Å². The lowest BCUT2D eigenvalue weighted by Crippen LogP contribution is -2.39. The lowest BCUT2D eigenvalue weighted by Gasteiger charge is -2.38. The van der Waals surface area contributed by atoms with Crippen LogP contribution in [0.15, 0.2) is 0 Å². The molecule has 2 rings (SSSR count). The van der Waals surface area contributed by atoms with Crippen LogP contribution in [0.1, 0.15) is 32.6 Å². The Morgan fingerprint density at radius 3 is 2.39 bits per heavy atom. The SMILES string of the molecule is CSC1CC2CC1CC2(C)CC(F)(F)S(C)(=O)=O. The van der Waals surface area contributed by atoms with Crippen LogP contribution in [0.2, 0.25) is 0 Å². The molecule has 2 fully saturated rings. The van der Waals surface area contributed by atoms with Gasteiger partial charge in [-0.2, -0.15) is 20.5 Å². The molecular formula is C12H20F2O2S2. The molecule has 0 N–H and O–H groups in total. The summed E-state index contributed by atoms with van der Waals surface area (Å²) in [7, 11) is -4.30. The molecular weight excluding hydrogens is 278 g/mol. The van der Waals surface area contributed by atoms with Crippen molar-refractivity contribution in [1.82, 2.24) is 0 Å². The molecule has 0 radical (unpaired) electrons. The van der Waals surface area contributed by atoms with Gasteiger partial charge in [0.05, 0.1) is 0 Å². The molecule has 0 aromatic rings. The Morgan fingerprint density at radius 2 is 2.00 bits per heavy atom. The molecule has 0 aromatic carbocycles. The van der Waals surface area contributed by atoms with Crippen molar-refractivity contribution in [2.45, 2.75) is 43.1 Å². The first-order valence-electron chi connectivity index (χ1n) is 6.19. The van der Waals surface area contributed by atoms with Crippen LogP contribution in [0.4, 0.5) is 8.78 Å². The molecule has 0 saturated heterocycles. The van der Waals surface area contributed by atoms with Crippen molar-refractivity contribution in [1.29, 1.82) is 0 Å². The van der Waals surface area contributed by atoms with Gasteiger partial charge in [-0.25, -0.2) is 8.42 Å². The molecule has 6 heteroatoms. The van der Waals surface area contributed by atoms with Crippen LogP contribution in [0, 0.1) is 17.3 Å². The van der Waals surface area contributed by atoms with Crippen LogP contribution in [-0.2, 0) is 9.84 Å². The van der Waals surface area contributed by atoms with E-state index < -0.39 is 26.9 Å². The smallest absolute Gasteiger partial charge is 0.223 e. The molecule has 2 aliphatic carbocycles. The van der Waals surface area contributed by atoms with Crippen molar-refractivity contribution in [3.63, 3.8) is 0 Å². The summed E-state index contributed by atoms with van der Waals surface area (Å²) >= 11 is 1.81. The number of hydrogen-bond donors (Lipinski definition) is 0. The van der Waals surface area contributed by atoms with E-state index in [0.717, 1.165) is 19.3 Å². The van der Waals surface area contributed by atoms with Gasteiger partial charge in [0.15, 0.2) is 0 Å². The predicted octanol–water partition coefficient (Wildman–Crippen LogP) is 3.18. The third-order valence-electron chi connectivity index (χ3n) is 4.80. The molecule has 0 amide bonds. The van der Waals surface area contributed by atoms with E-state index in [4.69, 9.17) is 0 Å². The molecule has 2 saturated carbocycles. The highest BCUT2D eigenvalue weighted by molar-refractivity contribution is 7.99. The number of hydrogen-bond acceptors (Lipinski definition) is 3. The molecule has 0 aromatic heterocycles. The Labute approximate surface area is 112 Å². The normalized spacial score (nSPS) is 40.4. The summed E-state index contributed by atoms with van der Waals surface area (Å²) in [6.45, 7) is 1.84. The average molecular weight is 298 g/mol. The monoisotopic (exact) mass is 298 g/mol. The minimum absolute atomic E-state index is 0.257. The molecule has 18 heavy (non-hydrogen) atoms. The van der Waals surface area contributed by atoms with Gasteiger partial charge < -0.3 is 0 Å². The van der Waals surface area contributed by atoms with Crippen molar-refractivity contribution in [3.8, 4) is 0 Å². The van der Waals surface area contributed by atoms with Gasteiger partial charge in [-0.15, -0.1) is 0 Å². The van der Waals surface area contributed by atoms with Crippen LogP contribution in [0.25, 0.3) is 0 Å². The maximum absolute atomic E-state index is 13.7. The maximum atomic E-state index is 13.7. The minimum Gasteiger partial charge on any atom is -0.223 e. The summed E-state index contributed by atoms with van der Waals surface area (Å²) in [6.07, 6.45) is 4.88. The van der Waals surface area contributed by atoms with Crippen LogP contribution in [0.5, 0.6) is 0 Å². The van der Waals surface area contributed by atoms with Crippen molar-refractivity contribution in [2.75, 3.05) is 12.5 Å². The Morgan fingerprint density at radius 1 is 1.39 bits per heavy atom. The van der Waals surface area contributed by atoms with E-state index in [1.54, 1.807) is 0 Å². The first-order chi connectivity index (χ1) is 8.09. The maximum Gasteiger partial charge on any atom is 0.345 e. The molecule has 106 valence electrons. The van der Waals surface area contributed by atoms with E-state index in [9.17, 15) is 17.2 Å². The topological polar surface area (TPSA) is 34.1 Å². The Kier molecular flexibility index (Phi) is 3.51. The fourth-order valence-electron chi connectivity index (χ4n) is 3.74. The van der Waals surface area contributed by atoms with Crippen molar-refractivity contribution in [2.24, 2.45) is 17.3 Å². The highest BCUT2D eigenvalue weighted by atomic mass is 32.2.